The summed E-state index contributed by atoms with van der Waals surface area (Å²) in [5.74, 6) is 1.13. The average Bonchev–Trinajstić information content (AvgIpc) is 2.74. The molecule has 3 aromatic rings. The second-order valence-corrected chi connectivity index (χ2v) is 7.77. The third-order valence-electron chi connectivity index (χ3n) is 5.02. The smallest absolute Gasteiger partial charge is 0.314 e. The molecule has 0 amide bonds. The van der Waals surface area contributed by atoms with Gasteiger partial charge < -0.3 is 9.64 Å². The summed E-state index contributed by atoms with van der Waals surface area (Å²) in [7, 11) is 0. The SMILES string of the molecule is N#Cc1ccc(N2CCC(C(=O)Oc3ccc4cc(Br)ccc4c3)CC2)nc1. The van der Waals surface area contributed by atoms with E-state index in [-0.39, 0.29) is 11.9 Å². The number of aromatic nitrogens is 1. The number of pyridine rings is 1. The highest BCUT2D eigenvalue weighted by molar-refractivity contribution is 9.10. The van der Waals surface area contributed by atoms with Crippen molar-refractivity contribution in [2.24, 2.45) is 5.92 Å². The fourth-order valence-electron chi connectivity index (χ4n) is 3.44. The van der Waals surface area contributed by atoms with Crippen molar-refractivity contribution in [2.45, 2.75) is 12.8 Å². The summed E-state index contributed by atoms with van der Waals surface area (Å²) in [6.07, 6.45) is 3.02. The highest BCUT2D eigenvalue weighted by Gasteiger charge is 2.27. The fraction of sp³-hybridized carbons (Fsp3) is 0.227. The van der Waals surface area contributed by atoms with Gasteiger partial charge in [-0.2, -0.15) is 5.26 Å². The third kappa shape index (κ3) is 4.00. The maximum absolute atomic E-state index is 12.6. The van der Waals surface area contributed by atoms with E-state index in [0.717, 1.165) is 47.0 Å². The Hall–Kier alpha value is -2.91. The van der Waals surface area contributed by atoms with E-state index < -0.39 is 0 Å². The summed E-state index contributed by atoms with van der Waals surface area (Å²) in [6, 6.07) is 17.4. The normalized spacial score (nSPS) is 14.6. The van der Waals surface area contributed by atoms with Gasteiger partial charge in [-0.05, 0) is 60.0 Å². The molecule has 0 saturated carbocycles. The Morgan fingerprint density at radius 1 is 1.11 bits per heavy atom. The number of benzene rings is 2. The van der Waals surface area contributed by atoms with Crippen molar-refractivity contribution in [1.29, 1.82) is 5.26 Å². The van der Waals surface area contributed by atoms with Gasteiger partial charge in [-0.1, -0.05) is 28.1 Å². The second kappa shape index (κ2) is 7.99. The molecule has 0 bridgehead atoms. The predicted molar refractivity (Wildman–Crippen MR) is 111 cm³/mol. The number of halogens is 1. The van der Waals surface area contributed by atoms with Crippen LogP contribution in [0.2, 0.25) is 0 Å². The number of nitrogens with zero attached hydrogens (tertiary/aromatic N) is 3. The molecule has 1 saturated heterocycles. The molecule has 0 unspecified atom stereocenters. The molecule has 0 spiro atoms. The Labute approximate surface area is 171 Å². The Balaban J connectivity index is 1.37. The van der Waals surface area contributed by atoms with Crippen molar-refractivity contribution in [2.75, 3.05) is 18.0 Å². The molecular formula is C22H18BrN3O2. The maximum Gasteiger partial charge on any atom is 0.314 e. The molecule has 0 atom stereocenters. The van der Waals surface area contributed by atoms with Crippen molar-refractivity contribution >= 4 is 38.5 Å². The number of ether oxygens (including phenoxy) is 1. The number of nitriles is 1. The Morgan fingerprint density at radius 3 is 2.57 bits per heavy atom. The van der Waals surface area contributed by atoms with Crippen molar-refractivity contribution < 1.29 is 9.53 Å². The summed E-state index contributed by atoms with van der Waals surface area (Å²) >= 11 is 3.46. The number of hydrogen-bond donors (Lipinski definition) is 0. The molecule has 0 radical (unpaired) electrons. The summed E-state index contributed by atoms with van der Waals surface area (Å²) in [6.45, 7) is 1.48. The lowest BCUT2D eigenvalue weighted by molar-refractivity contribution is -0.139. The van der Waals surface area contributed by atoms with Crippen LogP contribution in [0.15, 0.2) is 59.2 Å². The first-order valence-corrected chi connectivity index (χ1v) is 9.94. The molecule has 2 aromatic carbocycles. The third-order valence-corrected chi connectivity index (χ3v) is 5.51. The first-order valence-electron chi connectivity index (χ1n) is 9.14. The molecule has 2 heterocycles. The second-order valence-electron chi connectivity index (χ2n) is 6.85. The van der Waals surface area contributed by atoms with E-state index in [4.69, 9.17) is 10.00 Å². The van der Waals surface area contributed by atoms with Crippen LogP contribution in [0.3, 0.4) is 0 Å². The molecule has 4 rings (SSSR count). The minimum Gasteiger partial charge on any atom is -0.426 e. The molecule has 0 aliphatic carbocycles. The first-order chi connectivity index (χ1) is 13.6. The zero-order chi connectivity index (χ0) is 19.5. The first kappa shape index (κ1) is 18.5. The fourth-order valence-corrected chi connectivity index (χ4v) is 3.82. The van der Waals surface area contributed by atoms with E-state index in [1.165, 1.54) is 0 Å². The molecule has 5 nitrogen and oxygen atoms in total. The van der Waals surface area contributed by atoms with Gasteiger partial charge >= 0.3 is 5.97 Å². The number of hydrogen-bond acceptors (Lipinski definition) is 5. The van der Waals surface area contributed by atoms with Crippen molar-refractivity contribution in [3.8, 4) is 11.8 Å². The van der Waals surface area contributed by atoms with E-state index in [2.05, 4.69) is 31.9 Å². The average molecular weight is 436 g/mol. The van der Waals surface area contributed by atoms with Gasteiger partial charge in [0.25, 0.3) is 0 Å². The van der Waals surface area contributed by atoms with Gasteiger partial charge in [-0.3, -0.25) is 4.79 Å². The standard InChI is InChI=1S/C22H18BrN3O2/c23-19-4-2-18-12-20(5-3-17(18)11-19)28-22(27)16-7-9-26(10-8-16)21-6-1-15(13-24)14-25-21/h1-6,11-12,14,16H,7-10H2. The van der Waals surface area contributed by atoms with E-state index in [1.807, 2.05) is 42.5 Å². The van der Waals surface area contributed by atoms with E-state index in [0.29, 0.717) is 11.3 Å². The molecule has 140 valence electrons. The Morgan fingerprint density at radius 2 is 1.86 bits per heavy atom. The number of esters is 1. The van der Waals surface area contributed by atoms with Crippen LogP contribution >= 0.6 is 15.9 Å². The van der Waals surface area contributed by atoms with Crippen LogP contribution in [0, 0.1) is 17.2 Å². The number of fused-ring (bicyclic) bond motifs is 1. The largest absolute Gasteiger partial charge is 0.426 e. The Bertz CT molecular complexity index is 1050. The van der Waals surface area contributed by atoms with Gasteiger partial charge in [0, 0.05) is 23.8 Å². The van der Waals surface area contributed by atoms with Crippen molar-refractivity contribution in [3.05, 3.63) is 64.8 Å². The molecule has 0 N–H and O–H groups in total. The number of rotatable bonds is 3. The van der Waals surface area contributed by atoms with Gasteiger partial charge in [0.05, 0.1) is 11.5 Å². The van der Waals surface area contributed by atoms with Gasteiger partial charge in [0.15, 0.2) is 0 Å². The predicted octanol–water partition coefficient (Wildman–Crippen LogP) is 4.69. The van der Waals surface area contributed by atoms with Crippen molar-refractivity contribution in [1.82, 2.24) is 4.98 Å². The lowest BCUT2D eigenvalue weighted by Crippen LogP contribution is -2.38. The maximum atomic E-state index is 12.6. The van der Waals surface area contributed by atoms with Crippen LogP contribution in [0.4, 0.5) is 5.82 Å². The quantitative estimate of drug-likeness (QED) is 0.440. The topological polar surface area (TPSA) is 66.2 Å². The van der Waals surface area contributed by atoms with Crippen LogP contribution in [-0.2, 0) is 4.79 Å². The summed E-state index contributed by atoms with van der Waals surface area (Å²) in [5.41, 5.74) is 0.546. The molecular weight excluding hydrogens is 418 g/mol. The van der Waals surface area contributed by atoms with Gasteiger partial charge in [0.2, 0.25) is 0 Å². The number of carbonyl (C=O) groups is 1. The molecule has 6 heteroatoms. The van der Waals surface area contributed by atoms with Gasteiger partial charge in [-0.25, -0.2) is 4.98 Å². The minimum atomic E-state index is -0.177. The van der Waals surface area contributed by atoms with Crippen LogP contribution in [-0.4, -0.2) is 24.0 Å². The van der Waals surface area contributed by atoms with E-state index in [9.17, 15) is 4.79 Å². The molecule has 1 aromatic heterocycles. The highest BCUT2D eigenvalue weighted by Crippen LogP contribution is 2.27. The van der Waals surface area contributed by atoms with Crippen LogP contribution in [0.25, 0.3) is 10.8 Å². The highest BCUT2D eigenvalue weighted by atomic mass is 79.9. The van der Waals surface area contributed by atoms with Crippen LogP contribution < -0.4 is 9.64 Å². The number of anilines is 1. The van der Waals surface area contributed by atoms with Crippen LogP contribution in [0.5, 0.6) is 5.75 Å². The zero-order valence-electron chi connectivity index (χ0n) is 15.1. The minimum absolute atomic E-state index is 0.116. The molecule has 1 fully saturated rings. The van der Waals surface area contributed by atoms with Crippen LogP contribution in [0.1, 0.15) is 18.4 Å². The zero-order valence-corrected chi connectivity index (χ0v) is 16.7. The number of piperidine rings is 1. The molecule has 28 heavy (non-hydrogen) atoms. The summed E-state index contributed by atoms with van der Waals surface area (Å²) in [4.78, 5) is 19.1. The van der Waals surface area contributed by atoms with Crippen molar-refractivity contribution in [3.63, 3.8) is 0 Å². The van der Waals surface area contributed by atoms with Gasteiger partial charge in [0.1, 0.15) is 17.6 Å². The lowest BCUT2D eigenvalue weighted by Gasteiger charge is -2.31. The molecule has 1 aliphatic rings. The monoisotopic (exact) mass is 435 g/mol. The van der Waals surface area contributed by atoms with E-state index in [1.54, 1.807) is 12.3 Å². The summed E-state index contributed by atoms with van der Waals surface area (Å²) < 4.78 is 6.66. The summed E-state index contributed by atoms with van der Waals surface area (Å²) in [5, 5.41) is 11.0. The molecule has 1 aliphatic heterocycles. The Kier molecular flexibility index (Phi) is 5.27. The van der Waals surface area contributed by atoms with E-state index >= 15 is 0 Å². The number of carbonyl (C=O) groups excluding carboxylic acids is 1. The lowest BCUT2D eigenvalue weighted by atomic mass is 9.97. The van der Waals surface area contributed by atoms with Gasteiger partial charge in [-0.15, -0.1) is 0 Å².